The van der Waals surface area contributed by atoms with Crippen molar-refractivity contribution in [2.75, 3.05) is 45.3 Å². The Labute approximate surface area is 146 Å². The van der Waals surface area contributed by atoms with Crippen LogP contribution in [0, 0.1) is 0 Å². The van der Waals surface area contributed by atoms with Crippen LogP contribution in [0.15, 0.2) is 18.3 Å². The summed E-state index contributed by atoms with van der Waals surface area (Å²) in [6.45, 7) is 4.85. The molecular weight excluding hydrogens is 328 g/mol. The molecule has 0 aliphatic carbocycles. The van der Waals surface area contributed by atoms with E-state index in [1.807, 2.05) is 13.0 Å². The third-order valence-electron chi connectivity index (χ3n) is 4.08. The minimum absolute atomic E-state index is 0.0745. The number of alkyl halides is 1. The van der Waals surface area contributed by atoms with Crippen molar-refractivity contribution in [3.63, 3.8) is 0 Å². The number of halogens is 1. The van der Waals surface area contributed by atoms with Crippen molar-refractivity contribution in [1.82, 2.24) is 14.9 Å². The molecule has 2 heterocycles. The topological polar surface area (TPSA) is 58.6 Å². The summed E-state index contributed by atoms with van der Waals surface area (Å²) in [4.78, 5) is 25.3. The molecule has 1 aliphatic rings. The molecule has 0 radical (unpaired) electrons. The lowest BCUT2D eigenvalue weighted by Crippen LogP contribution is -2.36. The molecule has 0 spiro atoms. The normalized spacial score (nSPS) is 16.2. The lowest BCUT2D eigenvalue weighted by atomic mass is 10.0. The van der Waals surface area contributed by atoms with Crippen LogP contribution in [0.5, 0.6) is 0 Å². The van der Waals surface area contributed by atoms with Gasteiger partial charge in [-0.15, -0.1) is 11.6 Å². The first kappa shape index (κ1) is 16.9. The molecule has 1 fully saturated rings. The van der Waals surface area contributed by atoms with Crippen LogP contribution in [0.25, 0.3) is 11.0 Å². The number of rotatable bonds is 3. The molecule has 1 unspecified atom stereocenters. The average molecular weight is 349 g/mol. The minimum atomic E-state index is -0.267. The van der Waals surface area contributed by atoms with Gasteiger partial charge in [0.25, 0.3) is 5.91 Å². The maximum absolute atomic E-state index is 12.3. The van der Waals surface area contributed by atoms with E-state index in [9.17, 15) is 4.79 Å². The number of ether oxygens (including phenoxy) is 1. The van der Waals surface area contributed by atoms with Crippen LogP contribution in [0.3, 0.4) is 0 Å². The number of nitrogens with zero attached hydrogens (tertiary/aromatic N) is 4. The van der Waals surface area contributed by atoms with Gasteiger partial charge in [0.2, 0.25) is 0 Å². The van der Waals surface area contributed by atoms with Crippen molar-refractivity contribution < 1.29 is 9.53 Å². The first-order valence-corrected chi connectivity index (χ1v) is 8.40. The highest BCUT2D eigenvalue weighted by Crippen LogP contribution is 2.29. The summed E-state index contributed by atoms with van der Waals surface area (Å²) in [6, 6.07) is 3.59. The molecule has 1 amide bonds. The number of aromatic nitrogens is 2. The summed E-state index contributed by atoms with van der Waals surface area (Å²) < 4.78 is 5.38. The molecule has 0 saturated carbocycles. The SMILES string of the molecule is CC(Cl)c1cc(C(=O)N(C)C)cc2ncc(N3CCOCC3)nc12. The van der Waals surface area contributed by atoms with Crippen LogP contribution >= 0.6 is 11.6 Å². The van der Waals surface area contributed by atoms with Crippen LogP contribution in [-0.2, 0) is 4.74 Å². The molecule has 1 aliphatic heterocycles. The third-order valence-corrected chi connectivity index (χ3v) is 4.32. The lowest BCUT2D eigenvalue weighted by Gasteiger charge is -2.27. The molecule has 24 heavy (non-hydrogen) atoms. The van der Waals surface area contributed by atoms with Gasteiger partial charge in [-0.05, 0) is 24.6 Å². The van der Waals surface area contributed by atoms with Crippen LogP contribution < -0.4 is 4.90 Å². The van der Waals surface area contributed by atoms with E-state index in [1.54, 1.807) is 31.3 Å². The zero-order valence-corrected chi connectivity index (χ0v) is 14.9. The molecule has 2 aromatic rings. The van der Waals surface area contributed by atoms with Crippen molar-refractivity contribution in [3.05, 3.63) is 29.5 Å². The van der Waals surface area contributed by atoms with Crippen molar-refractivity contribution >= 4 is 34.4 Å². The van der Waals surface area contributed by atoms with Crippen molar-refractivity contribution in [3.8, 4) is 0 Å². The van der Waals surface area contributed by atoms with E-state index in [0.29, 0.717) is 24.3 Å². The third kappa shape index (κ3) is 3.30. The van der Waals surface area contributed by atoms with Gasteiger partial charge in [-0.3, -0.25) is 9.78 Å². The Morgan fingerprint density at radius 1 is 1.33 bits per heavy atom. The quantitative estimate of drug-likeness (QED) is 0.797. The second kappa shape index (κ2) is 6.91. The summed E-state index contributed by atoms with van der Waals surface area (Å²) in [5.41, 5.74) is 2.82. The van der Waals surface area contributed by atoms with Gasteiger partial charge < -0.3 is 14.5 Å². The number of fused-ring (bicyclic) bond motifs is 1. The second-order valence-corrected chi connectivity index (χ2v) is 6.73. The van der Waals surface area contributed by atoms with Crippen LogP contribution in [0.2, 0.25) is 0 Å². The van der Waals surface area contributed by atoms with E-state index in [0.717, 1.165) is 30.0 Å². The van der Waals surface area contributed by atoms with Gasteiger partial charge in [0.15, 0.2) is 0 Å². The number of benzene rings is 1. The molecule has 1 aromatic carbocycles. The van der Waals surface area contributed by atoms with Crippen LogP contribution in [0.1, 0.15) is 28.2 Å². The Bertz CT molecular complexity index is 758. The van der Waals surface area contributed by atoms with Gasteiger partial charge in [0, 0.05) is 32.7 Å². The van der Waals surface area contributed by atoms with Gasteiger partial charge in [0.05, 0.1) is 35.8 Å². The molecule has 0 N–H and O–H groups in total. The molecule has 6 nitrogen and oxygen atoms in total. The Morgan fingerprint density at radius 3 is 2.67 bits per heavy atom. The van der Waals surface area contributed by atoms with E-state index < -0.39 is 0 Å². The van der Waals surface area contributed by atoms with E-state index in [-0.39, 0.29) is 11.3 Å². The summed E-state index contributed by atoms with van der Waals surface area (Å²) >= 11 is 6.35. The smallest absolute Gasteiger partial charge is 0.253 e. The number of amides is 1. The lowest BCUT2D eigenvalue weighted by molar-refractivity contribution is 0.0827. The number of hydrogen-bond acceptors (Lipinski definition) is 5. The Kier molecular flexibility index (Phi) is 4.87. The standard InChI is InChI=1S/C17H21ClN4O2/c1-11(18)13-8-12(17(23)21(2)3)9-14-16(13)20-15(10-19-14)22-4-6-24-7-5-22/h8-11H,4-7H2,1-3H3. The molecule has 3 rings (SSSR count). The fraction of sp³-hybridized carbons (Fsp3) is 0.471. The van der Waals surface area contributed by atoms with Crippen molar-refractivity contribution in [2.24, 2.45) is 0 Å². The van der Waals surface area contributed by atoms with E-state index in [2.05, 4.69) is 9.88 Å². The van der Waals surface area contributed by atoms with Gasteiger partial charge in [0.1, 0.15) is 5.82 Å². The molecule has 128 valence electrons. The van der Waals surface area contributed by atoms with Gasteiger partial charge >= 0.3 is 0 Å². The summed E-state index contributed by atoms with van der Waals surface area (Å²) in [5.74, 6) is 0.741. The predicted octanol–water partition coefficient (Wildman–Crippen LogP) is 2.47. The largest absolute Gasteiger partial charge is 0.378 e. The number of carbonyl (C=O) groups excluding carboxylic acids is 1. The van der Waals surface area contributed by atoms with E-state index in [4.69, 9.17) is 21.3 Å². The average Bonchev–Trinajstić information content (AvgIpc) is 2.60. The first-order chi connectivity index (χ1) is 11.5. The molecule has 1 atom stereocenters. The highest BCUT2D eigenvalue weighted by Gasteiger charge is 2.19. The second-order valence-electron chi connectivity index (χ2n) is 6.08. The summed E-state index contributed by atoms with van der Waals surface area (Å²) in [6.07, 6.45) is 1.75. The molecule has 0 bridgehead atoms. The van der Waals surface area contributed by atoms with E-state index >= 15 is 0 Å². The summed E-state index contributed by atoms with van der Waals surface area (Å²) in [7, 11) is 3.45. The Balaban J connectivity index is 2.09. The number of carbonyl (C=O) groups is 1. The highest BCUT2D eigenvalue weighted by molar-refractivity contribution is 6.21. The van der Waals surface area contributed by atoms with Crippen molar-refractivity contribution in [1.29, 1.82) is 0 Å². The zero-order chi connectivity index (χ0) is 17.3. The fourth-order valence-electron chi connectivity index (χ4n) is 2.76. The first-order valence-electron chi connectivity index (χ1n) is 7.96. The minimum Gasteiger partial charge on any atom is -0.378 e. The Morgan fingerprint density at radius 2 is 2.04 bits per heavy atom. The zero-order valence-electron chi connectivity index (χ0n) is 14.1. The van der Waals surface area contributed by atoms with E-state index in [1.165, 1.54) is 0 Å². The number of hydrogen-bond donors (Lipinski definition) is 0. The van der Waals surface area contributed by atoms with Gasteiger partial charge in [-0.1, -0.05) is 0 Å². The molecule has 1 aromatic heterocycles. The molecule has 7 heteroatoms. The molecule has 1 saturated heterocycles. The highest BCUT2D eigenvalue weighted by atomic mass is 35.5. The Hall–Kier alpha value is -1.92. The van der Waals surface area contributed by atoms with Gasteiger partial charge in [-0.2, -0.15) is 0 Å². The fourth-order valence-corrected chi connectivity index (χ4v) is 2.93. The van der Waals surface area contributed by atoms with Crippen LogP contribution in [0.4, 0.5) is 5.82 Å². The maximum Gasteiger partial charge on any atom is 0.253 e. The monoisotopic (exact) mass is 348 g/mol. The predicted molar refractivity (Wildman–Crippen MR) is 94.9 cm³/mol. The summed E-state index contributed by atoms with van der Waals surface area (Å²) in [5, 5.41) is -0.267. The number of morpholine rings is 1. The maximum atomic E-state index is 12.3. The molecular formula is C17H21ClN4O2. The van der Waals surface area contributed by atoms with Crippen molar-refractivity contribution in [2.45, 2.75) is 12.3 Å². The number of anilines is 1. The van der Waals surface area contributed by atoms with Crippen LogP contribution in [-0.4, -0.2) is 61.2 Å². The van der Waals surface area contributed by atoms with Gasteiger partial charge in [-0.25, -0.2) is 4.98 Å².